The standard InChI is InChI=1S/C27H35N5O4.C19H21N3O5.C18H19N3O5.C11H16N2O2.C8H7NO4/c1-27(2,3)36-26(35)31-22-11-7-6-10-21(22)30-24(33)18-12-13-23(28-16-18)25(34)29-17-20-14-15-32(20)19-8-4-5-9-19;1-19(2,3)27-18(25)22-14-8-6-5-7-13(14)21-16(23)12-9-10-15(20-11-12)17(24)26-4;1-18(2,3)26-17(25)21-13-7-5-4-6-12(13)20-15(22)11-8-9-14(16(23)24)19-10-11;1-11(2,3)15-10(14)13-9-7-5-4-6-8(9)12;1-13-8(12)6-3-2-5(4-9-6)7(10)11/h6-7,10-13,16,19-20H,4-5,8-9,14-15,17H2,1-3H3,(H,29,34)(H,30,33)(H,31,35);5-11H,1-4H3,(H,21,23)(H,22,25);4-10H,1-3H3,(H,20,22)(H,21,25)(H,23,24);4-7H,12H2,1-3H3,(H,13,14);2-4H,1H3,(H,10,11). The highest BCUT2D eigenvalue weighted by Crippen LogP contribution is 2.32. The summed E-state index contributed by atoms with van der Waals surface area (Å²) in [6, 6.07) is 39.4. The Kier molecular flexibility index (Phi) is 33.6. The number of carboxylic acids is 2. The minimum atomic E-state index is -1.18. The molecule has 1 saturated carbocycles. The molecule has 1 unspecified atom stereocenters. The molecule has 12 N–H and O–H groups in total. The number of nitrogens with two attached hydrogens (primary N) is 1. The zero-order valence-electron chi connectivity index (χ0n) is 67.3. The predicted octanol–water partition coefficient (Wildman–Crippen LogP) is 14.5. The van der Waals surface area contributed by atoms with E-state index in [9.17, 15) is 57.5 Å². The second-order valence-electron chi connectivity index (χ2n) is 29.7. The molecule has 5 heterocycles. The van der Waals surface area contributed by atoms with Crippen LogP contribution in [0.2, 0.25) is 0 Å². The van der Waals surface area contributed by atoms with Gasteiger partial charge in [0, 0.05) is 50.0 Å². The number of pyridine rings is 4. The Hall–Kier alpha value is -13.9. The molecule has 1 aliphatic carbocycles. The Labute approximate surface area is 676 Å². The van der Waals surface area contributed by atoms with E-state index in [1.165, 1.54) is 94.9 Å². The molecule has 8 aromatic rings. The number of benzene rings is 4. The third kappa shape index (κ3) is 31.9. The molecular formula is C83H98N14O20. The van der Waals surface area contributed by atoms with Crippen LogP contribution in [-0.2, 0) is 28.4 Å². The summed E-state index contributed by atoms with van der Waals surface area (Å²) in [7, 11) is 2.48. The molecule has 8 amide bonds. The molecule has 1 aliphatic heterocycles. The van der Waals surface area contributed by atoms with Gasteiger partial charge in [0.25, 0.3) is 23.6 Å². The van der Waals surface area contributed by atoms with Crippen molar-refractivity contribution >= 4 is 117 Å². The SMILES string of the molecule is CC(C)(C)OC(=O)Nc1ccccc1N.CC(C)(C)OC(=O)Nc1ccccc1NC(=O)c1ccc(C(=O)NCC2CCN2C2CCCC2)nc1.CC(C)(C)OC(=O)Nc1ccccc1NC(=O)c1ccc(C(=O)O)nc1.COC(=O)c1ccc(C(=O)Nc2ccccc2NC(=O)OC(C)(C)C)cn1.COC(=O)c1ccc(C(=O)O)cn1. The summed E-state index contributed by atoms with van der Waals surface area (Å²) in [4.78, 5) is 159. The number of rotatable bonds is 18. The van der Waals surface area contributed by atoms with Gasteiger partial charge in [0.1, 0.15) is 45.2 Å². The molecule has 0 radical (unpaired) electrons. The topological polar surface area (TPSA) is 478 Å². The molecule has 1 saturated heterocycles. The summed E-state index contributed by atoms with van der Waals surface area (Å²) >= 11 is 0. The molecule has 620 valence electrons. The Balaban J connectivity index is 0.000000237. The van der Waals surface area contributed by atoms with Crippen molar-refractivity contribution < 1.29 is 96.2 Å². The van der Waals surface area contributed by atoms with E-state index in [2.05, 4.69) is 76.8 Å². The number of aromatic carboxylic acids is 2. The Morgan fingerprint density at radius 2 is 0.675 bits per heavy atom. The second kappa shape index (κ2) is 42.8. The first-order valence-electron chi connectivity index (χ1n) is 36.6. The maximum Gasteiger partial charge on any atom is 0.412 e. The number of nitrogens with zero attached hydrogens (tertiary/aromatic N) is 5. The quantitative estimate of drug-likeness (QED) is 0.0216. The lowest BCUT2D eigenvalue weighted by Gasteiger charge is -2.45. The summed E-state index contributed by atoms with van der Waals surface area (Å²) in [5, 5.41) is 38.9. The third-order valence-electron chi connectivity index (χ3n) is 15.8. The molecule has 34 nitrogen and oxygen atoms in total. The first kappa shape index (κ1) is 92.0. The summed E-state index contributed by atoms with van der Waals surface area (Å²) in [5.41, 5.74) is 7.69. The number of methoxy groups -OCH3 is 2. The van der Waals surface area contributed by atoms with Crippen molar-refractivity contribution in [1.29, 1.82) is 0 Å². The minimum absolute atomic E-state index is 0.0349. The van der Waals surface area contributed by atoms with Gasteiger partial charge in [-0.25, -0.2) is 53.3 Å². The molecule has 2 aliphatic rings. The maximum absolute atomic E-state index is 12.8. The lowest BCUT2D eigenvalue weighted by Crippen LogP contribution is -2.56. The van der Waals surface area contributed by atoms with E-state index in [-0.39, 0.29) is 45.4 Å². The van der Waals surface area contributed by atoms with Crippen molar-refractivity contribution in [2.45, 2.75) is 150 Å². The monoisotopic (exact) mass is 1610 g/mol. The Bertz CT molecular complexity index is 4780. The first-order chi connectivity index (χ1) is 55.1. The number of hydrogen-bond donors (Lipinski definition) is 11. The molecule has 4 aromatic heterocycles. The lowest BCUT2D eigenvalue weighted by molar-refractivity contribution is 0.0425. The van der Waals surface area contributed by atoms with Crippen LogP contribution in [0.25, 0.3) is 0 Å². The molecule has 2 fully saturated rings. The largest absolute Gasteiger partial charge is 0.478 e. The number of carbonyl (C=O) groups excluding carboxylic acids is 10. The zero-order chi connectivity index (χ0) is 86.4. The number of nitrogens with one attached hydrogen (secondary N) is 8. The van der Waals surface area contributed by atoms with E-state index in [0.29, 0.717) is 69.7 Å². The van der Waals surface area contributed by atoms with Crippen LogP contribution in [0.1, 0.15) is 199 Å². The number of carboxylic acid groups (broad SMARTS) is 2. The first-order valence-corrected chi connectivity index (χ1v) is 36.6. The number of nitrogen functional groups attached to an aromatic ring is 1. The number of likely N-dealkylation sites (tertiary alicyclic amines) is 1. The summed E-state index contributed by atoms with van der Waals surface area (Å²) in [5.74, 6) is -5.02. The van der Waals surface area contributed by atoms with Crippen LogP contribution in [0.4, 0.5) is 64.7 Å². The maximum atomic E-state index is 12.8. The van der Waals surface area contributed by atoms with Crippen molar-refractivity contribution in [2.75, 3.05) is 70.3 Å². The Morgan fingerprint density at radius 1 is 0.376 bits per heavy atom. The van der Waals surface area contributed by atoms with Crippen LogP contribution in [0.15, 0.2) is 170 Å². The van der Waals surface area contributed by atoms with E-state index in [0.717, 1.165) is 19.2 Å². The molecule has 10 rings (SSSR count). The van der Waals surface area contributed by atoms with Crippen LogP contribution in [0.3, 0.4) is 0 Å². The molecule has 0 spiro atoms. The van der Waals surface area contributed by atoms with Gasteiger partial charge in [0.05, 0.1) is 82.0 Å². The highest BCUT2D eigenvalue weighted by atomic mass is 16.6. The van der Waals surface area contributed by atoms with Crippen molar-refractivity contribution in [2.24, 2.45) is 0 Å². The fourth-order valence-electron chi connectivity index (χ4n) is 10.5. The highest BCUT2D eigenvalue weighted by Gasteiger charge is 2.35. The summed E-state index contributed by atoms with van der Waals surface area (Å²) < 4.78 is 29.7. The molecule has 117 heavy (non-hydrogen) atoms. The normalized spacial score (nSPS) is 12.9. The number of amides is 8. The fraction of sp³-hybridized carbons (Fsp3) is 0.325. The van der Waals surface area contributed by atoms with E-state index in [4.69, 9.17) is 34.9 Å². The van der Waals surface area contributed by atoms with Gasteiger partial charge in [-0.3, -0.25) is 50.3 Å². The van der Waals surface area contributed by atoms with Gasteiger partial charge in [-0.05, 0) is 199 Å². The van der Waals surface area contributed by atoms with E-state index in [1.807, 2.05) is 0 Å². The van der Waals surface area contributed by atoms with E-state index in [1.54, 1.807) is 192 Å². The number of aromatic nitrogens is 4. The number of anilines is 8. The molecule has 1 atom stereocenters. The summed E-state index contributed by atoms with van der Waals surface area (Å²) in [6.45, 7) is 23.0. The van der Waals surface area contributed by atoms with Crippen molar-refractivity contribution in [3.63, 3.8) is 0 Å². The molecular weight excluding hydrogens is 1510 g/mol. The van der Waals surface area contributed by atoms with Crippen LogP contribution in [0, 0.1) is 0 Å². The summed E-state index contributed by atoms with van der Waals surface area (Å²) in [6.07, 6.45) is 8.76. The van der Waals surface area contributed by atoms with Gasteiger partial charge in [0.2, 0.25) is 0 Å². The number of ether oxygens (including phenoxy) is 6. The van der Waals surface area contributed by atoms with Crippen LogP contribution < -0.4 is 48.3 Å². The molecule has 34 heteroatoms. The van der Waals surface area contributed by atoms with Crippen LogP contribution in [0.5, 0.6) is 0 Å². The van der Waals surface area contributed by atoms with Crippen LogP contribution in [-0.4, -0.2) is 169 Å². The van der Waals surface area contributed by atoms with Gasteiger partial charge in [-0.15, -0.1) is 0 Å². The van der Waals surface area contributed by atoms with Crippen molar-refractivity contribution in [3.8, 4) is 0 Å². The second-order valence-corrected chi connectivity index (χ2v) is 29.7. The Morgan fingerprint density at radius 3 is 0.957 bits per heavy atom. The number of carbonyl (C=O) groups is 12. The van der Waals surface area contributed by atoms with Gasteiger partial charge in [0.15, 0.2) is 0 Å². The predicted molar refractivity (Wildman–Crippen MR) is 437 cm³/mol. The van der Waals surface area contributed by atoms with Gasteiger partial charge < -0.3 is 65.6 Å². The zero-order valence-corrected chi connectivity index (χ0v) is 67.3. The number of hydrogen-bond acceptors (Lipinski definition) is 24. The smallest absolute Gasteiger partial charge is 0.412 e. The van der Waals surface area contributed by atoms with Gasteiger partial charge >= 0.3 is 48.3 Å². The average molecular weight is 1610 g/mol. The van der Waals surface area contributed by atoms with Crippen molar-refractivity contribution in [1.82, 2.24) is 30.2 Å². The lowest BCUT2D eigenvalue weighted by atomic mass is 9.98. The highest BCUT2D eigenvalue weighted by molar-refractivity contribution is 6.09. The minimum Gasteiger partial charge on any atom is -0.478 e. The third-order valence-corrected chi connectivity index (χ3v) is 15.8. The molecule has 0 bridgehead atoms. The van der Waals surface area contributed by atoms with Gasteiger partial charge in [-0.2, -0.15) is 0 Å². The fourth-order valence-corrected chi connectivity index (χ4v) is 10.5. The van der Waals surface area contributed by atoms with E-state index < -0.39 is 88.4 Å². The number of para-hydroxylation sites is 8. The van der Waals surface area contributed by atoms with Crippen LogP contribution >= 0.6 is 0 Å². The van der Waals surface area contributed by atoms with E-state index >= 15 is 0 Å². The van der Waals surface area contributed by atoms with Gasteiger partial charge in [-0.1, -0.05) is 61.4 Å². The molecule has 4 aromatic carbocycles. The van der Waals surface area contributed by atoms with Crippen molar-refractivity contribution in [3.05, 3.63) is 215 Å². The average Bonchev–Trinajstić information content (AvgIpc) is 1.78. The number of esters is 2.